The summed E-state index contributed by atoms with van der Waals surface area (Å²) in [7, 11) is 0. The average molecular weight is 282 g/mol. The molecule has 0 spiro atoms. The van der Waals surface area contributed by atoms with E-state index in [1.165, 1.54) is 0 Å². The minimum atomic E-state index is 0.254. The SMILES string of the molecule is CC(C)CN(CC(C)C)c1nc(Cl)nc2[nH]ncc12. The number of rotatable bonds is 5. The first-order valence-corrected chi connectivity index (χ1v) is 6.96. The molecule has 0 radical (unpaired) electrons. The summed E-state index contributed by atoms with van der Waals surface area (Å²) in [5.41, 5.74) is 0.688. The highest BCUT2D eigenvalue weighted by Gasteiger charge is 2.17. The first-order valence-electron chi connectivity index (χ1n) is 6.59. The lowest BCUT2D eigenvalue weighted by Gasteiger charge is -2.27. The first kappa shape index (κ1) is 14.1. The first-order chi connectivity index (χ1) is 8.97. The molecular formula is C13H20ClN5. The second-order valence-electron chi connectivity index (χ2n) is 5.64. The fourth-order valence-electron chi connectivity index (χ4n) is 2.16. The predicted octanol–water partition coefficient (Wildman–Crippen LogP) is 3.12. The van der Waals surface area contributed by atoms with E-state index in [-0.39, 0.29) is 5.28 Å². The van der Waals surface area contributed by atoms with Crippen molar-refractivity contribution in [3.05, 3.63) is 11.5 Å². The van der Waals surface area contributed by atoms with Crippen LogP contribution in [0.2, 0.25) is 5.28 Å². The Morgan fingerprint density at radius 3 is 2.37 bits per heavy atom. The molecule has 0 aliphatic rings. The number of hydrogen-bond donors (Lipinski definition) is 1. The van der Waals surface area contributed by atoms with E-state index in [4.69, 9.17) is 11.6 Å². The molecule has 2 rings (SSSR count). The van der Waals surface area contributed by atoms with E-state index in [2.05, 4.69) is 52.8 Å². The van der Waals surface area contributed by atoms with Crippen molar-refractivity contribution in [1.82, 2.24) is 20.2 Å². The molecule has 6 heteroatoms. The van der Waals surface area contributed by atoms with Crippen molar-refractivity contribution < 1.29 is 0 Å². The van der Waals surface area contributed by atoms with Crippen LogP contribution in [0.3, 0.4) is 0 Å². The average Bonchev–Trinajstić information content (AvgIpc) is 2.73. The molecule has 2 heterocycles. The molecule has 2 aromatic rings. The molecule has 0 amide bonds. The molecule has 0 aromatic carbocycles. The molecule has 104 valence electrons. The zero-order valence-electron chi connectivity index (χ0n) is 11.8. The summed E-state index contributed by atoms with van der Waals surface area (Å²) in [5, 5.41) is 8.06. The fourth-order valence-corrected chi connectivity index (χ4v) is 2.33. The molecular weight excluding hydrogens is 262 g/mol. The zero-order chi connectivity index (χ0) is 14.0. The van der Waals surface area contributed by atoms with Crippen LogP contribution < -0.4 is 4.90 Å². The van der Waals surface area contributed by atoms with Gasteiger partial charge in [0.2, 0.25) is 5.28 Å². The van der Waals surface area contributed by atoms with Crippen LogP contribution in [0.4, 0.5) is 5.82 Å². The number of halogens is 1. The van der Waals surface area contributed by atoms with Crippen LogP contribution in [0.25, 0.3) is 11.0 Å². The number of aromatic amines is 1. The molecule has 0 saturated carbocycles. The molecule has 1 N–H and O–H groups in total. The van der Waals surface area contributed by atoms with Gasteiger partial charge in [-0.1, -0.05) is 27.7 Å². The lowest BCUT2D eigenvalue weighted by Crippen LogP contribution is -2.32. The van der Waals surface area contributed by atoms with Crippen molar-refractivity contribution in [3.63, 3.8) is 0 Å². The Morgan fingerprint density at radius 2 is 1.79 bits per heavy atom. The van der Waals surface area contributed by atoms with Crippen molar-refractivity contribution in [3.8, 4) is 0 Å². The van der Waals surface area contributed by atoms with Crippen molar-refractivity contribution in [2.45, 2.75) is 27.7 Å². The van der Waals surface area contributed by atoms with Gasteiger partial charge in [-0.25, -0.2) is 0 Å². The summed E-state index contributed by atoms with van der Waals surface area (Å²) in [6, 6.07) is 0. The van der Waals surface area contributed by atoms with Crippen LogP contribution >= 0.6 is 11.6 Å². The summed E-state index contributed by atoms with van der Waals surface area (Å²) in [4.78, 5) is 10.8. The van der Waals surface area contributed by atoms with Gasteiger partial charge in [0, 0.05) is 13.1 Å². The van der Waals surface area contributed by atoms with Crippen LogP contribution in [0.15, 0.2) is 6.20 Å². The van der Waals surface area contributed by atoms with Gasteiger partial charge in [-0.3, -0.25) is 5.10 Å². The van der Waals surface area contributed by atoms with Crippen LogP contribution in [-0.4, -0.2) is 33.3 Å². The van der Waals surface area contributed by atoms with Gasteiger partial charge in [0.25, 0.3) is 0 Å². The van der Waals surface area contributed by atoms with Crippen LogP contribution in [-0.2, 0) is 0 Å². The largest absolute Gasteiger partial charge is 0.355 e. The maximum absolute atomic E-state index is 6.00. The van der Waals surface area contributed by atoms with Gasteiger partial charge in [0.1, 0.15) is 5.82 Å². The molecule has 0 atom stereocenters. The second-order valence-corrected chi connectivity index (χ2v) is 5.98. The van der Waals surface area contributed by atoms with Gasteiger partial charge in [-0.05, 0) is 23.4 Å². The number of nitrogens with one attached hydrogen (secondary N) is 1. The van der Waals surface area contributed by atoms with E-state index in [0.29, 0.717) is 17.5 Å². The Hall–Kier alpha value is -1.36. The second kappa shape index (κ2) is 5.74. The Labute approximate surface area is 118 Å². The van der Waals surface area contributed by atoms with Crippen LogP contribution in [0.5, 0.6) is 0 Å². The summed E-state index contributed by atoms with van der Waals surface area (Å²) >= 11 is 6.00. The Balaban J connectivity index is 2.44. The van der Waals surface area contributed by atoms with Gasteiger partial charge in [-0.2, -0.15) is 15.1 Å². The van der Waals surface area contributed by atoms with E-state index < -0.39 is 0 Å². The normalized spacial score (nSPS) is 11.7. The maximum Gasteiger partial charge on any atom is 0.226 e. The fraction of sp³-hybridized carbons (Fsp3) is 0.615. The van der Waals surface area contributed by atoms with Gasteiger partial charge >= 0.3 is 0 Å². The number of H-pyrrole nitrogens is 1. The summed E-state index contributed by atoms with van der Waals surface area (Å²) in [5.74, 6) is 1.97. The molecule has 0 aliphatic carbocycles. The molecule has 19 heavy (non-hydrogen) atoms. The molecule has 0 saturated heterocycles. The van der Waals surface area contributed by atoms with E-state index in [1.807, 2.05) is 0 Å². The van der Waals surface area contributed by atoms with E-state index in [9.17, 15) is 0 Å². The Bertz CT molecular complexity index is 539. The Kier molecular flexibility index (Phi) is 4.24. The van der Waals surface area contributed by atoms with E-state index >= 15 is 0 Å². The van der Waals surface area contributed by atoms with Crippen molar-refractivity contribution in [1.29, 1.82) is 0 Å². The number of hydrogen-bond acceptors (Lipinski definition) is 4. The van der Waals surface area contributed by atoms with Gasteiger partial charge in [-0.15, -0.1) is 0 Å². The zero-order valence-corrected chi connectivity index (χ0v) is 12.6. The third-order valence-corrected chi connectivity index (χ3v) is 2.90. The highest BCUT2D eigenvalue weighted by molar-refractivity contribution is 6.28. The third kappa shape index (κ3) is 3.35. The number of fused-ring (bicyclic) bond motifs is 1. The molecule has 2 aromatic heterocycles. The van der Waals surface area contributed by atoms with Crippen LogP contribution in [0, 0.1) is 11.8 Å². The van der Waals surface area contributed by atoms with Crippen LogP contribution in [0.1, 0.15) is 27.7 Å². The monoisotopic (exact) mass is 281 g/mol. The van der Waals surface area contributed by atoms with Crippen molar-refractivity contribution in [2.24, 2.45) is 11.8 Å². The Morgan fingerprint density at radius 1 is 1.16 bits per heavy atom. The van der Waals surface area contributed by atoms with E-state index in [1.54, 1.807) is 6.20 Å². The van der Waals surface area contributed by atoms with Crippen molar-refractivity contribution in [2.75, 3.05) is 18.0 Å². The smallest absolute Gasteiger partial charge is 0.226 e. The molecule has 0 aliphatic heterocycles. The minimum absolute atomic E-state index is 0.254. The van der Waals surface area contributed by atoms with Gasteiger partial charge in [0.15, 0.2) is 5.65 Å². The quantitative estimate of drug-likeness (QED) is 0.856. The summed E-state index contributed by atoms with van der Waals surface area (Å²) in [6.07, 6.45) is 1.76. The van der Waals surface area contributed by atoms with Gasteiger partial charge < -0.3 is 4.90 Å². The number of anilines is 1. The highest BCUT2D eigenvalue weighted by atomic mass is 35.5. The predicted molar refractivity (Wildman–Crippen MR) is 78.6 cm³/mol. The molecule has 0 fully saturated rings. The molecule has 5 nitrogen and oxygen atoms in total. The third-order valence-electron chi connectivity index (χ3n) is 2.73. The summed E-state index contributed by atoms with van der Waals surface area (Å²) < 4.78 is 0. The van der Waals surface area contributed by atoms with Crippen molar-refractivity contribution >= 4 is 28.5 Å². The topological polar surface area (TPSA) is 57.7 Å². The lowest BCUT2D eigenvalue weighted by atomic mass is 10.1. The lowest BCUT2D eigenvalue weighted by molar-refractivity contribution is 0.550. The maximum atomic E-state index is 6.00. The van der Waals surface area contributed by atoms with E-state index in [0.717, 1.165) is 24.3 Å². The minimum Gasteiger partial charge on any atom is -0.355 e. The number of aromatic nitrogens is 4. The number of nitrogens with zero attached hydrogens (tertiary/aromatic N) is 4. The molecule has 0 bridgehead atoms. The summed E-state index contributed by atoms with van der Waals surface area (Å²) in [6.45, 7) is 10.7. The standard InChI is InChI=1S/C13H20ClN5/c1-8(2)6-19(7-9(3)4)12-10-5-15-18-11(10)16-13(14)17-12/h5,8-9H,6-7H2,1-4H3,(H,15,16,17,18). The van der Waals surface area contributed by atoms with Gasteiger partial charge in [0.05, 0.1) is 11.6 Å². The highest BCUT2D eigenvalue weighted by Crippen LogP contribution is 2.25. The molecule has 0 unspecified atom stereocenters.